The van der Waals surface area contributed by atoms with Crippen LogP contribution in [0.2, 0.25) is 0 Å². The molecule has 4 rings (SSSR count). The number of hydrogen-bond acceptors (Lipinski definition) is 4. The van der Waals surface area contributed by atoms with Crippen molar-refractivity contribution in [2.45, 2.75) is 44.4 Å². The van der Waals surface area contributed by atoms with Crippen LogP contribution >= 0.6 is 0 Å². The Balaban J connectivity index is 1.56. The van der Waals surface area contributed by atoms with Crippen molar-refractivity contribution in [3.63, 3.8) is 0 Å². The quantitative estimate of drug-likeness (QED) is 0.609. The molecule has 0 spiro atoms. The Labute approximate surface area is 192 Å². The maximum atomic E-state index is 13.8. The molecule has 33 heavy (non-hydrogen) atoms. The second-order valence-electron chi connectivity index (χ2n) is 8.49. The molecule has 1 aromatic carbocycles. The molecule has 0 saturated carbocycles. The molecule has 2 fully saturated rings. The number of fused-ring (bicyclic) bond motifs is 1. The van der Waals surface area contributed by atoms with Crippen molar-refractivity contribution in [3.8, 4) is 0 Å². The van der Waals surface area contributed by atoms with E-state index in [9.17, 15) is 22.2 Å². The molecule has 1 unspecified atom stereocenters. The molecule has 12 heteroatoms. The Kier molecular flexibility index (Phi) is 7.25. The fourth-order valence-electron chi connectivity index (χ4n) is 4.44. The lowest BCUT2D eigenvalue weighted by Gasteiger charge is -2.33. The molecule has 0 radical (unpaired) electrons. The smallest absolute Gasteiger partial charge is 0.381 e. The van der Waals surface area contributed by atoms with Gasteiger partial charge in [0.2, 0.25) is 12.2 Å². The zero-order chi connectivity index (χ0) is 23.6. The molecule has 1 atom stereocenters. The van der Waals surface area contributed by atoms with E-state index in [1.54, 1.807) is 29.6 Å². The SMILES string of the molecule is CN(c1ccc2c(c1)nc(C(F)(F)F)n2CC1CCOCC1)S(=O)N1CCC(NC=O)CC1. The van der Waals surface area contributed by atoms with Gasteiger partial charge in [0.05, 0.1) is 16.7 Å². The highest BCUT2D eigenvalue weighted by Gasteiger charge is 2.38. The number of anilines is 1. The molecule has 3 heterocycles. The highest BCUT2D eigenvalue weighted by Crippen LogP contribution is 2.34. The van der Waals surface area contributed by atoms with Crippen LogP contribution in [0, 0.1) is 5.92 Å². The van der Waals surface area contributed by atoms with Gasteiger partial charge in [-0.25, -0.2) is 13.5 Å². The van der Waals surface area contributed by atoms with Crippen molar-refractivity contribution in [1.29, 1.82) is 0 Å². The van der Waals surface area contributed by atoms with E-state index in [1.165, 1.54) is 8.87 Å². The zero-order valence-electron chi connectivity index (χ0n) is 18.4. The summed E-state index contributed by atoms with van der Waals surface area (Å²) in [6.45, 7) is 2.44. The number of nitrogens with one attached hydrogen (secondary N) is 1. The second-order valence-corrected chi connectivity index (χ2v) is 10.0. The molecule has 1 aromatic heterocycles. The number of imidazole rings is 1. The molecule has 0 aliphatic carbocycles. The van der Waals surface area contributed by atoms with E-state index in [0.717, 1.165) is 12.8 Å². The molecular formula is C21H28F3N5O3S. The Bertz CT molecular complexity index is 1000. The second kappa shape index (κ2) is 9.98. The molecule has 1 amide bonds. The fraction of sp³-hybridized carbons (Fsp3) is 0.619. The molecule has 8 nitrogen and oxygen atoms in total. The van der Waals surface area contributed by atoms with Crippen LogP contribution in [0.15, 0.2) is 18.2 Å². The van der Waals surface area contributed by atoms with Gasteiger partial charge >= 0.3 is 6.18 Å². The van der Waals surface area contributed by atoms with E-state index < -0.39 is 23.2 Å². The predicted octanol–water partition coefficient (Wildman–Crippen LogP) is 2.71. The third-order valence-electron chi connectivity index (χ3n) is 6.34. The van der Waals surface area contributed by atoms with Gasteiger partial charge in [-0.2, -0.15) is 13.2 Å². The average molecular weight is 488 g/mol. The topological polar surface area (TPSA) is 79.7 Å². The van der Waals surface area contributed by atoms with Crippen molar-refractivity contribution in [2.75, 3.05) is 37.7 Å². The van der Waals surface area contributed by atoms with E-state index in [-0.39, 0.29) is 24.0 Å². The molecule has 2 aliphatic heterocycles. The van der Waals surface area contributed by atoms with Crippen molar-refractivity contribution in [2.24, 2.45) is 5.92 Å². The number of hydrogen-bond donors (Lipinski definition) is 1. The summed E-state index contributed by atoms with van der Waals surface area (Å²) in [6.07, 6.45) is -1.09. The van der Waals surface area contributed by atoms with Crippen LogP contribution in [0.25, 0.3) is 11.0 Å². The first-order valence-electron chi connectivity index (χ1n) is 11.0. The number of rotatable bonds is 7. The Morgan fingerprint density at radius 3 is 2.58 bits per heavy atom. The summed E-state index contributed by atoms with van der Waals surface area (Å²) in [4.78, 5) is 14.5. The highest BCUT2D eigenvalue weighted by atomic mass is 32.2. The molecule has 0 bridgehead atoms. The average Bonchev–Trinajstić information content (AvgIpc) is 3.17. The number of nitrogens with zero attached hydrogens (tertiary/aromatic N) is 4. The molecule has 2 saturated heterocycles. The van der Waals surface area contributed by atoms with Gasteiger partial charge < -0.3 is 14.6 Å². The van der Waals surface area contributed by atoms with Gasteiger partial charge in [0.25, 0.3) is 0 Å². The maximum Gasteiger partial charge on any atom is 0.449 e. The van der Waals surface area contributed by atoms with Crippen LogP contribution in [-0.2, 0) is 33.4 Å². The van der Waals surface area contributed by atoms with E-state index in [1.807, 2.05) is 0 Å². The number of piperidine rings is 1. The summed E-state index contributed by atoms with van der Waals surface area (Å²) in [5, 5.41) is 2.74. The Morgan fingerprint density at radius 2 is 1.94 bits per heavy atom. The van der Waals surface area contributed by atoms with Crippen LogP contribution in [0.4, 0.5) is 18.9 Å². The first kappa shape index (κ1) is 24.0. The normalized spacial score (nSPS) is 20.1. The van der Waals surface area contributed by atoms with Crippen molar-refractivity contribution in [3.05, 3.63) is 24.0 Å². The van der Waals surface area contributed by atoms with E-state index in [4.69, 9.17) is 4.74 Å². The number of carbonyl (C=O) groups excluding carboxylic acids is 1. The van der Waals surface area contributed by atoms with Gasteiger partial charge in [0.1, 0.15) is 0 Å². The molecule has 182 valence electrons. The van der Waals surface area contributed by atoms with Gasteiger partial charge in [0, 0.05) is 45.9 Å². The predicted molar refractivity (Wildman–Crippen MR) is 119 cm³/mol. The summed E-state index contributed by atoms with van der Waals surface area (Å²) in [7, 11) is 1.65. The number of benzene rings is 1. The van der Waals surface area contributed by atoms with Crippen molar-refractivity contribution < 1.29 is 26.9 Å². The summed E-state index contributed by atoms with van der Waals surface area (Å²) in [6, 6.07) is 4.94. The minimum absolute atomic E-state index is 0.0675. The first-order valence-corrected chi connectivity index (χ1v) is 12.1. The van der Waals surface area contributed by atoms with Gasteiger partial charge in [-0.3, -0.25) is 9.10 Å². The Morgan fingerprint density at radius 1 is 1.24 bits per heavy atom. The van der Waals surface area contributed by atoms with Gasteiger partial charge in [-0.15, -0.1) is 0 Å². The van der Waals surface area contributed by atoms with Crippen LogP contribution in [0.1, 0.15) is 31.5 Å². The number of alkyl halides is 3. The Hall–Kier alpha value is -2.18. The molecule has 2 aromatic rings. The van der Waals surface area contributed by atoms with Gasteiger partial charge in [-0.05, 0) is 49.8 Å². The van der Waals surface area contributed by atoms with Crippen LogP contribution in [0.5, 0.6) is 0 Å². The summed E-state index contributed by atoms with van der Waals surface area (Å²) in [5.74, 6) is -0.807. The minimum atomic E-state index is -4.57. The van der Waals surface area contributed by atoms with E-state index in [0.29, 0.717) is 56.8 Å². The maximum absolute atomic E-state index is 13.8. The number of halogens is 3. The highest BCUT2D eigenvalue weighted by molar-refractivity contribution is 7.84. The van der Waals surface area contributed by atoms with E-state index >= 15 is 0 Å². The molecular weight excluding hydrogens is 459 g/mol. The fourth-order valence-corrected chi connectivity index (χ4v) is 5.60. The van der Waals surface area contributed by atoms with E-state index in [2.05, 4.69) is 10.3 Å². The minimum Gasteiger partial charge on any atom is -0.381 e. The largest absolute Gasteiger partial charge is 0.449 e. The van der Waals surface area contributed by atoms with Crippen LogP contribution < -0.4 is 9.62 Å². The standard InChI is InChI=1S/C21H28F3N5O3S/c1-27(33(31)28-8-4-16(5-9-28)25-14-30)17-2-3-19-18(12-17)26-20(21(22,23)24)29(19)13-15-6-10-32-11-7-15/h2-3,12,14-16H,4-11,13H2,1H3,(H,25,30). The molecule has 1 N–H and O–H groups in total. The van der Waals surface area contributed by atoms with Gasteiger partial charge in [0.15, 0.2) is 11.2 Å². The lowest BCUT2D eigenvalue weighted by atomic mass is 10.0. The monoisotopic (exact) mass is 487 g/mol. The van der Waals surface area contributed by atoms with Crippen LogP contribution in [0.3, 0.4) is 0 Å². The lowest BCUT2D eigenvalue weighted by Crippen LogP contribution is -2.46. The first-order chi connectivity index (χ1) is 15.8. The summed E-state index contributed by atoms with van der Waals surface area (Å²) >= 11 is -1.51. The number of amides is 1. The number of carbonyl (C=O) groups is 1. The number of aromatic nitrogens is 2. The third kappa shape index (κ3) is 5.33. The lowest BCUT2D eigenvalue weighted by molar-refractivity contribution is -0.147. The third-order valence-corrected chi connectivity index (χ3v) is 7.83. The van der Waals surface area contributed by atoms with Crippen molar-refractivity contribution in [1.82, 2.24) is 19.2 Å². The van der Waals surface area contributed by atoms with Gasteiger partial charge in [-0.1, -0.05) is 0 Å². The summed E-state index contributed by atoms with van der Waals surface area (Å²) in [5.41, 5.74) is 1.17. The summed E-state index contributed by atoms with van der Waals surface area (Å²) < 4.78 is 64.2. The molecule has 2 aliphatic rings. The zero-order valence-corrected chi connectivity index (χ0v) is 19.2. The number of ether oxygens (including phenoxy) is 1. The van der Waals surface area contributed by atoms with Crippen molar-refractivity contribution >= 4 is 34.3 Å². The van der Waals surface area contributed by atoms with Crippen LogP contribution in [-0.4, -0.2) is 63.9 Å².